The Labute approximate surface area is 220 Å². The molecule has 1 saturated heterocycles. The quantitative estimate of drug-likeness (QED) is 0.411. The van der Waals surface area contributed by atoms with Crippen LogP contribution in [0.15, 0.2) is 65.6 Å². The Balaban J connectivity index is 1.31. The molecular weight excluding hydrogens is 489 g/mol. The zero-order valence-electron chi connectivity index (χ0n) is 20.6. The van der Waals surface area contributed by atoms with Crippen LogP contribution in [0.4, 0.5) is 4.39 Å². The lowest BCUT2D eigenvalue weighted by atomic mass is 9.89. The van der Waals surface area contributed by atoms with E-state index in [1.54, 1.807) is 17.8 Å². The van der Waals surface area contributed by atoms with E-state index in [9.17, 15) is 9.50 Å². The Morgan fingerprint density at radius 2 is 1.78 bits per heavy atom. The average Bonchev–Trinajstić information content (AvgIpc) is 3.38. The minimum absolute atomic E-state index is 0.132. The summed E-state index contributed by atoms with van der Waals surface area (Å²) in [6.07, 6.45) is 1.68. The van der Waals surface area contributed by atoms with E-state index < -0.39 is 0 Å². The van der Waals surface area contributed by atoms with Crippen molar-refractivity contribution in [3.05, 3.63) is 77.4 Å². The molecule has 0 radical (unpaired) electrons. The van der Waals surface area contributed by atoms with Gasteiger partial charge < -0.3 is 19.3 Å². The van der Waals surface area contributed by atoms with Gasteiger partial charge in [0, 0.05) is 30.3 Å². The van der Waals surface area contributed by atoms with Crippen molar-refractivity contribution in [2.75, 3.05) is 45.3 Å². The van der Waals surface area contributed by atoms with Crippen molar-refractivity contribution in [3.63, 3.8) is 0 Å². The topological polar surface area (TPSA) is 51.2 Å². The molecule has 3 heterocycles. The summed E-state index contributed by atoms with van der Waals surface area (Å²) in [4.78, 5) is 3.34. The molecule has 6 rings (SSSR count). The van der Waals surface area contributed by atoms with Gasteiger partial charge in [0.05, 0.1) is 6.67 Å². The summed E-state index contributed by atoms with van der Waals surface area (Å²) in [6, 6.07) is 20.1. The Morgan fingerprint density at radius 1 is 0.973 bits per heavy atom. The zero-order chi connectivity index (χ0) is 25.2. The number of phenolic OH excluding ortho intramolecular Hbond substituents is 1. The lowest BCUT2D eigenvalue weighted by Gasteiger charge is -2.26. The SMILES string of the molecule is Oc1ccc2c(c1)SCC(c1ccc3c(c1)OCCO3)=C2c1ccc(O[C@H]2CCN(CCCF)C2)cc1. The summed E-state index contributed by atoms with van der Waals surface area (Å²) in [5, 5.41) is 10.1. The van der Waals surface area contributed by atoms with Crippen molar-refractivity contribution in [1.29, 1.82) is 0 Å². The molecule has 0 spiro atoms. The van der Waals surface area contributed by atoms with Crippen molar-refractivity contribution in [2.24, 2.45) is 0 Å². The van der Waals surface area contributed by atoms with Crippen LogP contribution < -0.4 is 14.2 Å². The van der Waals surface area contributed by atoms with E-state index >= 15 is 0 Å². The second-order valence-corrected chi connectivity index (χ2v) is 10.6. The van der Waals surface area contributed by atoms with Gasteiger partial charge in [0.15, 0.2) is 11.5 Å². The van der Waals surface area contributed by atoms with Gasteiger partial charge in [-0.1, -0.05) is 18.2 Å². The van der Waals surface area contributed by atoms with Gasteiger partial charge in [-0.15, -0.1) is 11.8 Å². The first kappa shape index (κ1) is 24.2. The fourth-order valence-electron chi connectivity index (χ4n) is 5.28. The fraction of sp³-hybridized carbons (Fsp3) is 0.333. The smallest absolute Gasteiger partial charge is 0.161 e. The molecule has 0 bridgehead atoms. The lowest BCUT2D eigenvalue weighted by molar-refractivity contribution is 0.171. The minimum Gasteiger partial charge on any atom is -0.508 e. The molecule has 3 aromatic carbocycles. The van der Waals surface area contributed by atoms with Crippen LogP contribution in [0.3, 0.4) is 0 Å². The molecule has 0 aromatic heterocycles. The van der Waals surface area contributed by atoms with E-state index in [1.807, 2.05) is 30.3 Å². The van der Waals surface area contributed by atoms with Crippen LogP contribution >= 0.6 is 11.8 Å². The maximum Gasteiger partial charge on any atom is 0.161 e. The number of aromatic hydroxyl groups is 1. The molecule has 192 valence electrons. The molecule has 3 aliphatic rings. The number of alkyl halides is 1. The van der Waals surface area contributed by atoms with E-state index in [2.05, 4.69) is 29.2 Å². The normalized spacial score (nSPS) is 19.1. The highest BCUT2D eigenvalue weighted by Gasteiger charge is 2.26. The van der Waals surface area contributed by atoms with Crippen LogP contribution in [0.5, 0.6) is 23.0 Å². The van der Waals surface area contributed by atoms with Gasteiger partial charge in [0.25, 0.3) is 0 Å². The standard InChI is InChI=1S/C30H30FNO4S/c31-11-1-12-32-13-10-24(18-32)36-23-6-2-20(3-7-23)30-25-8-5-22(33)17-29(25)37-19-26(30)21-4-9-27-28(16-21)35-15-14-34-27/h2-9,16-17,24,33H,1,10-15,18-19H2/t24-/m0/s1. The Bertz CT molecular complexity index is 1310. The van der Waals surface area contributed by atoms with Crippen molar-refractivity contribution >= 4 is 22.9 Å². The molecule has 1 atom stereocenters. The molecule has 7 heteroatoms. The summed E-state index contributed by atoms with van der Waals surface area (Å²) in [5.41, 5.74) is 5.67. The summed E-state index contributed by atoms with van der Waals surface area (Å²) in [6.45, 7) is 3.44. The first-order valence-electron chi connectivity index (χ1n) is 12.8. The third-order valence-corrected chi connectivity index (χ3v) is 8.16. The predicted molar refractivity (Wildman–Crippen MR) is 145 cm³/mol. The van der Waals surface area contributed by atoms with Crippen molar-refractivity contribution in [2.45, 2.75) is 23.8 Å². The number of nitrogens with zero attached hydrogens (tertiary/aromatic N) is 1. The molecule has 1 fully saturated rings. The summed E-state index contributed by atoms with van der Waals surface area (Å²) >= 11 is 1.73. The molecule has 3 aromatic rings. The number of phenols is 1. The maximum atomic E-state index is 12.5. The van der Waals surface area contributed by atoms with Gasteiger partial charge in [0.2, 0.25) is 0 Å². The van der Waals surface area contributed by atoms with E-state index in [0.29, 0.717) is 19.6 Å². The Hall–Kier alpha value is -3.16. The highest BCUT2D eigenvalue weighted by molar-refractivity contribution is 7.99. The van der Waals surface area contributed by atoms with Gasteiger partial charge in [0.1, 0.15) is 30.8 Å². The van der Waals surface area contributed by atoms with Crippen molar-refractivity contribution in [3.8, 4) is 23.0 Å². The van der Waals surface area contributed by atoms with Crippen LogP contribution in [0.1, 0.15) is 29.5 Å². The minimum atomic E-state index is -0.269. The average molecular weight is 520 g/mol. The van der Waals surface area contributed by atoms with Crippen LogP contribution in [0.2, 0.25) is 0 Å². The molecule has 0 aliphatic carbocycles. The van der Waals surface area contributed by atoms with E-state index in [1.165, 1.54) is 5.57 Å². The zero-order valence-corrected chi connectivity index (χ0v) is 21.4. The Kier molecular flexibility index (Phi) is 6.98. The summed E-state index contributed by atoms with van der Waals surface area (Å²) in [5.74, 6) is 3.45. The monoisotopic (exact) mass is 519 g/mol. The van der Waals surface area contributed by atoms with Crippen LogP contribution in [-0.2, 0) is 0 Å². The van der Waals surface area contributed by atoms with Crippen molar-refractivity contribution in [1.82, 2.24) is 4.90 Å². The molecule has 0 amide bonds. The van der Waals surface area contributed by atoms with Gasteiger partial charge in [-0.2, -0.15) is 0 Å². The number of thioether (sulfide) groups is 1. The van der Waals surface area contributed by atoms with Crippen LogP contribution in [-0.4, -0.2) is 61.4 Å². The van der Waals surface area contributed by atoms with Crippen LogP contribution in [0.25, 0.3) is 11.1 Å². The third-order valence-electron chi connectivity index (χ3n) is 7.08. The highest BCUT2D eigenvalue weighted by atomic mass is 32.2. The number of benzene rings is 3. The van der Waals surface area contributed by atoms with Gasteiger partial charge in [-0.3, -0.25) is 9.29 Å². The fourth-order valence-corrected chi connectivity index (χ4v) is 6.42. The first-order valence-corrected chi connectivity index (χ1v) is 13.8. The predicted octanol–water partition coefficient (Wildman–Crippen LogP) is 6.04. The van der Waals surface area contributed by atoms with Gasteiger partial charge in [-0.25, -0.2) is 0 Å². The number of fused-ring (bicyclic) bond motifs is 2. The number of halogens is 1. The molecular formula is C30H30FNO4S. The highest BCUT2D eigenvalue weighted by Crippen LogP contribution is 2.46. The molecule has 0 unspecified atom stereocenters. The van der Waals surface area contributed by atoms with Gasteiger partial charge >= 0.3 is 0 Å². The second kappa shape index (κ2) is 10.7. The second-order valence-electron chi connectivity index (χ2n) is 9.58. The molecule has 5 nitrogen and oxygen atoms in total. The Morgan fingerprint density at radius 3 is 2.62 bits per heavy atom. The summed E-state index contributed by atoms with van der Waals surface area (Å²) in [7, 11) is 0. The first-order chi connectivity index (χ1) is 18.2. The molecule has 3 aliphatic heterocycles. The molecule has 37 heavy (non-hydrogen) atoms. The van der Waals surface area contributed by atoms with Crippen molar-refractivity contribution < 1.29 is 23.7 Å². The lowest BCUT2D eigenvalue weighted by Crippen LogP contribution is -2.26. The number of likely N-dealkylation sites (tertiary alicyclic amines) is 1. The maximum absolute atomic E-state index is 12.5. The number of hydrogen-bond acceptors (Lipinski definition) is 6. The molecule has 1 N–H and O–H groups in total. The number of hydrogen-bond donors (Lipinski definition) is 1. The third kappa shape index (κ3) is 5.15. The number of rotatable bonds is 7. The van der Waals surface area contributed by atoms with E-state index in [4.69, 9.17) is 14.2 Å². The van der Waals surface area contributed by atoms with E-state index in [0.717, 1.165) is 76.2 Å². The largest absolute Gasteiger partial charge is 0.508 e. The summed E-state index contributed by atoms with van der Waals surface area (Å²) < 4.78 is 30.4. The van der Waals surface area contributed by atoms with Gasteiger partial charge in [-0.05, 0) is 83.1 Å². The number of ether oxygens (including phenoxy) is 3. The van der Waals surface area contributed by atoms with E-state index in [-0.39, 0.29) is 18.5 Å². The van der Waals surface area contributed by atoms with Crippen LogP contribution in [0, 0.1) is 0 Å². The molecule has 0 saturated carbocycles.